The SMILES string of the molecule is CC(C)Cn1c(=O)c2sccc2n2c(CCC(=O)NC(C)c3ccccc3)nnc12. The van der Waals surface area contributed by atoms with Crippen LogP contribution < -0.4 is 10.9 Å². The van der Waals surface area contributed by atoms with Gasteiger partial charge in [0.25, 0.3) is 5.56 Å². The van der Waals surface area contributed by atoms with Crippen LogP contribution >= 0.6 is 11.3 Å². The van der Waals surface area contributed by atoms with Crippen LogP contribution in [0.15, 0.2) is 46.6 Å². The van der Waals surface area contributed by atoms with Gasteiger partial charge >= 0.3 is 0 Å². The highest BCUT2D eigenvalue weighted by Gasteiger charge is 2.19. The highest BCUT2D eigenvalue weighted by molar-refractivity contribution is 7.17. The maximum absolute atomic E-state index is 12.9. The second-order valence-corrected chi connectivity index (χ2v) is 8.81. The Hall–Kier alpha value is -3.00. The third-order valence-corrected chi connectivity index (χ3v) is 5.97. The van der Waals surface area contributed by atoms with Crippen LogP contribution in [-0.4, -0.2) is 25.1 Å². The van der Waals surface area contributed by atoms with E-state index in [0.29, 0.717) is 41.6 Å². The fourth-order valence-electron chi connectivity index (χ4n) is 3.64. The van der Waals surface area contributed by atoms with Crippen molar-refractivity contribution in [2.24, 2.45) is 5.92 Å². The van der Waals surface area contributed by atoms with Crippen molar-refractivity contribution in [2.45, 2.75) is 46.2 Å². The van der Waals surface area contributed by atoms with Crippen molar-refractivity contribution in [3.63, 3.8) is 0 Å². The first-order valence-electron chi connectivity index (χ1n) is 10.1. The minimum atomic E-state index is -0.0614. The van der Waals surface area contributed by atoms with E-state index in [9.17, 15) is 9.59 Å². The Morgan fingerprint density at radius 2 is 1.90 bits per heavy atom. The minimum absolute atomic E-state index is 0.0328. The molecule has 1 atom stereocenters. The molecule has 1 unspecified atom stereocenters. The quantitative estimate of drug-likeness (QED) is 0.493. The fraction of sp³-hybridized carbons (Fsp3) is 0.364. The second-order valence-electron chi connectivity index (χ2n) is 7.90. The van der Waals surface area contributed by atoms with Crippen molar-refractivity contribution in [3.05, 3.63) is 63.5 Å². The van der Waals surface area contributed by atoms with Gasteiger partial charge in [-0.2, -0.15) is 0 Å². The number of carbonyl (C=O) groups excluding carboxylic acids is 1. The van der Waals surface area contributed by atoms with E-state index in [2.05, 4.69) is 29.4 Å². The molecular weight excluding hydrogens is 398 g/mol. The molecule has 156 valence electrons. The molecule has 0 radical (unpaired) electrons. The normalized spacial score (nSPS) is 12.7. The predicted molar refractivity (Wildman–Crippen MR) is 119 cm³/mol. The number of hydrogen-bond acceptors (Lipinski definition) is 5. The lowest BCUT2D eigenvalue weighted by atomic mass is 10.1. The number of fused-ring (bicyclic) bond motifs is 3. The van der Waals surface area contributed by atoms with E-state index in [4.69, 9.17) is 0 Å². The summed E-state index contributed by atoms with van der Waals surface area (Å²) < 4.78 is 4.30. The Labute approximate surface area is 178 Å². The number of nitrogens with zero attached hydrogens (tertiary/aromatic N) is 4. The summed E-state index contributed by atoms with van der Waals surface area (Å²) in [5, 5.41) is 13.6. The monoisotopic (exact) mass is 423 g/mol. The van der Waals surface area contributed by atoms with Crippen LogP contribution in [0, 0.1) is 5.92 Å². The Morgan fingerprint density at radius 1 is 1.13 bits per heavy atom. The van der Waals surface area contributed by atoms with Gasteiger partial charge in [0, 0.05) is 19.4 Å². The van der Waals surface area contributed by atoms with E-state index >= 15 is 0 Å². The molecule has 4 rings (SSSR count). The number of aryl methyl sites for hydroxylation is 1. The zero-order valence-electron chi connectivity index (χ0n) is 17.3. The van der Waals surface area contributed by atoms with Crippen molar-refractivity contribution in [1.82, 2.24) is 24.5 Å². The number of aromatic nitrogens is 4. The summed E-state index contributed by atoms with van der Waals surface area (Å²) in [6, 6.07) is 11.7. The smallest absolute Gasteiger partial charge is 0.272 e. The molecule has 0 saturated carbocycles. The number of amides is 1. The Bertz CT molecular complexity index is 1240. The van der Waals surface area contributed by atoms with Gasteiger partial charge < -0.3 is 5.32 Å². The summed E-state index contributed by atoms with van der Waals surface area (Å²) in [5.41, 5.74) is 1.84. The van der Waals surface area contributed by atoms with E-state index in [-0.39, 0.29) is 17.5 Å². The van der Waals surface area contributed by atoms with Gasteiger partial charge in [-0.25, -0.2) is 0 Å². The third kappa shape index (κ3) is 3.87. The molecule has 1 N–H and O–H groups in total. The van der Waals surface area contributed by atoms with Crippen molar-refractivity contribution < 1.29 is 4.79 Å². The molecule has 0 aliphatic heterocycles. The molecule has 0 aliphatic rings. The van der Waals surface area contributed by atoms with Crippen molar-refractivity contribution in [2.75, 3.05) is 0 Å². The lowest BCUT2D eigenvalue weighted by Crippen LogP contribution is -2.27. The van der Waals surface area contributed by atoms with Gasteiger partial charge in [-0.3, -0.25) is 18.6 Å². The molecule has 8 heteroatoms. The van der Waals surface area contributed by atoms with Crippen LogP contribution in [-0.2, 0) is 17.8 Å². The number of carbonyl (C=O) groups is 1. The summed E-state index contributed by atoms with van der Waals surface area (Å²) in [7, 11) is 0. The molecule has 0 spiro atoms. The summed E-state index contributed by atoms with van der Waals surface area (Å²) in [6.07, 6.45) is 0.742. The largest absolute Gasteiger partial charge is 0.350 e. The number of thiophene rings is 1. The molecule has 3 heterocycles. The van der Waals surface area contributed by atoms with Gasteiger partial charge in [0.2, 0.25) is 11.7 Å². The van der Waals surface area contributed by atoms with Crippen molar-refractivity contribution >= 4 is 33.2 Å². The maximum Gasteiger partial charge on any atom is 0.272 e. The molecule has 30 heavy (non-hydrogen) atoms. The molecule has 1 amide bonds. The average molecular weight is 424 g/mol. The lowest BCUT2D eigenvalue weighted by Gasteiger charge is -2.14. The molecule has 3 aromatic heterocycles. The van der Waals surface area contributed by atoms with Gasteiger partial charge in [0.05, 0.1) is 11.6 Å². The first-order chi connectivity index (χ1) is 14.5. The molecule has 0 fully saturated rings. The average Bonchev–Trinajstić information content (AvgIpc) is 3.37. The van der Waals surface area contributed by atoms with Gasteiger partial charge in [-0.05, 0) is 29.9 Å². The van der Waals surface area contributed by atoms with Gasteiger partial charge in [0.1, 0.15) is 10.5 Å². The topological polar surface area (TPSA) is 81.3 Å². The fourth-order valence-corrected chi connectivity index (χ4v) is 4.46. The Kier molecular flexibility index (Phi) is 5.67. The summed E-state index contributed by atoms with van der Waals surface area (Å²) in [4.78, 5) is 25.4. The van der Waals surface area contributed by atoms with Crippen molar-refractivity contribution in [1.29, 1.82) is 0 Å². The van der Waals surface area contributed by atoms with Crippen LogP contribution in [0.5, 0.6) is 0 Å². The van der Waals surface area contributed by atoms with E-state index in [0.717, 1.165) is 11.1 Å². The first kappa shape index (κ1) is 20.3. The molecule has 7 nitrogen and oxygen atoms in total. The Morgan fingerprint density at radius 3 is 2.63 bits per heavy atom. The van der Waals surface area contributed by atoms with Crippen molar-refractivity contribution in [3.8, 4) is 0 Å². The molecule has 0 saturated heterocycles. The van der Waals surface area contributed by atoms with Crippen LogP contribution in [0.2, 0.25) is 0 Å². The minimum Gasteiger partial charge on any atom is -0.350 e. The number of rotatable bonds is 7. The molecule has 1 aromatic carbocycles. The zero-order valence-corrected chi connectivity index (χ0v) is 18.1. The molecule has 0 bridgehead atoms. The van der Waals surface area contributed by atoms with E-state index in [1.165, 1.54) is 11.3 Å². The summed E-state index contributed by atoms with van der Waals surface area (Å²) in [5.74, 6) is 1.48. The highest BCUT2D eigenvalue weighted by atomic mass is 32.1. The van der Waals surface area contributed by atoms with E-state index in [1.807, 2.05) is 53.1 Å². The third-order valence-electron chi connectivity index (χ3n) is 5.08. The van der Waals surface area contributed by atoms with E-state index < -0.39 is 0 Å². The Balaban J connectivity index is 1.59. The van der Waals surface area contributed by atoms with Crippen LogP contribution in [0.25, 0.3) is 16.0 Å². The standard InChI is InChI=1S/C22H25N5O2S/c1-14(2)13-26-21(29)20-17(11-12-30-20)27-18(24-25-22(26)27)9-10-19(28)23-15(3)16-7-5-4-6-8-16/h4-8,11-12,14-15H,9-10,13H2,1-3H3,(H,23,28). The van der Waals surface area contributed by atoms with Gasteiger partial charge in [-0.1, -0.05) is 44.2 Å². The molecule has 0 aliphatic carbocycles. The van der Waals surface area contributed by atoms with Crippen LogP contribution in [0.1, 0.15) is 44.6 Å². The first-order valence-corrected chi connectivity index (χ1v) is 11.0. The van der Waals surface area contributed by atoms with Gasteiger partial charge in [-0.15, -0.1) is 21.5 Å². The maximum atomic E-state index is 12.9. The lowest BCUT2D eigenvalue weighted by molar-refractivity contribution is -0.121. The molecular formula is C22H25N5O2S. The summed E-state index contributed by atoms with van der Waals surface area (Å²) >= 11 is 1.42. The van der Waals surface area contributed by atoms with Crippen LogP contribution in [0.3, 0.4) is 0 Å². The molecule has 4 aromatic rings. The number of nitrogens with one attached hydrogen (secondary N) is 1. The number of hydrogen-bond donors (Lipinski definition) is 1. The second kappa shape index (κ2) is 8.39. The summed E-state index contributed by atoms with van der Waals surface area (Å²) in [6.45, 7) is 6.68. The highest BCUT2D eigenvalue weighted by Crippen LogP contribution is 2.21. The zero-order chi connectivity index (χ0) is 21.3. The van der Waals surface area contributed by atoms with Gasteiger partial charge in [0.15, 0.2) is 0 Å². The number of benzene rings is 1. The van der Waals surface area contributed by atoms with Crippen LogP contribution in [0.4, 0.5) is 0 Å². The predicted octanol–water partition coefficient (Wildman–Crippen LogP) is 3.57. The van der Waals surface area contributed by atoms with E-state index in [1.54, 1.807) is 4.57 Å².